The summed E-state index contributed by atoms with van der Waals surface area (Å²) >= 11 is 3.84. The summed E-state index contributed by atoms with van der Waals surface area (Å²) in [7, 11) is 0. The van der Waals surface area contributed by atoms with Gasteiger partial charge in [-0.15, -0.1) is 0 Å². The maximum atomic E-state index is 6.26. The molecular weight excluding hydrogens is 276 g/mol. The van der Waals surface area contributed by atoms with E-state index in [9.17, 15) is 0 Å². The second-order valence-corrected chi connectivity index (χ2v) is 6.62. The monoisotopic (exact) mass is 294 g/mol. The summed E-state index contributed by atoms with van der Waals surface area (Å²) in [5.74, 6) is 1.07. The maximum Gasteiger partial charge on any atom is 0.122 e. The predicted octanol–water partition coefficient (Wildman–Crippen LogP) is 4.47. The predicted molar refractivity (Wildman–Crippen MR) is 73.8 cm³/mol. The van der Waals surface area contributed by atoms with Crippen LogP contribution < -0.4 is 4.74 Å². The first-order valence-electron chi connectivity index (χ1n) is 6.59. The van der Waals surface area contributed by atoms with Crippen LogP contribution in [0.4, 0.5) is 0 Å². The van der Waals surface area contributed by atoms with Gasteiger partial charge in [0.05, 0.1) is 0 Å². The van der Waals surface area contributed by atoms with Gasteiger partial charge in [0.15, 0.2) is 0 Å². The van der Waals surface area contributed by atoms with Gasteiger partial charge in [-0.1, -0.05) is 47.0 Å². The zero-order valence-corrected chi connectivity index (χ0v) is 11.9. The molecule has 1 aromatic rings. The van der Waals surface area contributed by atoms with Crippen molar-refractivity contribution < 1.29 is 4.74 Å². The molecule has 1 aromatic carbocycles. The highest BCUT2D eigenvalue weighted by Gasteiger charge is 2.56. The van der Waals surface area contributed by atoms with Crippen LogP contribution in [0, 0.1) is 12.3 Å². The van der Waals surface area contributed by atoms with Gasteiger partial charge in [-0.2, -0.15) is 0 Å². The van der Waals surface area contributed by atoms with Crippen molar-refractivity contribution in [2.75, 3.05) is 0 Å². The Kier molecular flexibility index (Phi) is 2.94. The van der Waals surface area contributed by atoms with Crippen LogP contribution in [0.1, 0.15) is 37.7 Å². The van der Waals surface area contributed by atoms with Crippen LogP contribution in [0.2, 0.25) is 0 Å². The first-order chi connectivity index (χ1) is 8.22. The SMILES string of the molecule is Cc1ccccc1OC1CC(Br)C12CCCC2. The van der Waals surface area contributed by atoms with Gasteiger partial charge in [0.25, 0.3) is 0 Å². The summed E-state index contributed by atoms with van der Waals surface area (Å²) in [6.07, 6.45) is 6.99. The molecule has 2 fully saturated rings. The van der Waals surface area contributed by atoms with E-state index in [0.29, 0.717) is 16.3 Å². The summed E-state index contributed by atoms with van der Waals surface area (Å²) in [4.78, 5) is 0.673. The largest absolute Gasteiger partial charge is 0.489 e. The van der Waals surface area contributed by atoms with E-state index in [1.165, 1.54) is 31.2 Å². The number of aryl methyl sites for hydroxylation is 1. The number of alkyl halides is 1. The average Bonchev–Trinajstić information content (AvgIpc) is 2.83. The fraction of sp³-hybridized carbons (Fsp3) is 0.600. The zero-order valence-electron chi connectivity index (χ0n) is 10.3. The van der Waals surface area contributed by atoms with E-state index in [1.54, 1.807) is 0 Å². The van der Waals surface area contributed by atoms with Crippen molar-refractivity contribution in [1.29, 1.82) is 0 Å². The van der Waals surface area contributed by atoms with Crippen molar-refractivity contribution in [2.45, 2.75) is 50.0 Å². The summed E-state index contributed by atoms with van der Waals surface area (Å²) in [6, 6.07) is 8.36. The Morgan fingerprint density at radius 3 is 2.59 bits per heavy atom. The fourth-order valence-corrected chi connectivity index (χ4v) is 4.47. The van der Waals surface area contributed by atoms with Crippen molar-refractivity contribution in [3.63, 3.8) is 0 Å². The molecule has 0 bridgehead atoms. The number of para-hydroxylation sites is 1. The molecule has 1 nitrogen and oxygen atoms in total. The summed E-state index contributed by atoms with van der Waals surface area (Å²) in [5.41, 5.74) is 1.68. The normalized spacial score (nSPS) is 30.2. The first kappa shape index (κ1) is 11.6. The van der Waals surface area contributed by atoms with Crippen LogP contribution in [-0.4, -0.2) is 10.9 Å². The lowest BCUT2D eigenvalue weighted by atomic mass is 9.64. The van der Waals surface area contributed by atoms with Crippen LogP contribution >= 0.6 is 15.9 Å². The van der Waals surface area contributed by atoms with Crippen LogP contribution in [0.5, 0.6) is 5.75 Å². The molecular formula is C15H19BrO. The third-order valence-corrected chi connectivity index (χ3v) is 5.87. The van der Waals surface area contributed by atoms with E-state index in [0.717, 1.165) is 12.2 Å². The van der Waals surface area contributed by atoms with E-state index in [1.807, 2.05) is 0 Å². The van der Waals surface area contributed by atoms with E-state index in [2.05, 4.69) is 47.1 Å². The average molecular weight is 295 g/mol. The molecule has 3 rings (SSSR count). The van der Waals surface area contributed by atoms with Gasteiger partial charge in [-0.05, 0) is 37.8 Å². The molecule has 0 aromatic heterocycles. The minimum Gasteiger partial charge on any atom is -0.489 e. The van der Waals surface area contributed by atoms with Gasteiger partial charge in [-0.3, -0.25) is 0 Å². The van der Waals surface area contributed by atoms with Crippen LogP contribution in [-0.2, 0) is 0 Å². The number of hydrogen-bond donors (Lipinski definition) is 0. The Morgan fingerprint density at radius 2 is 1.94 bits per heavy atom. The van der Waals surface area contributed by atoms with Gasteiger partial charge in [0, 0.05) is 10.2 Å². The second kappa shape index (κ2) is 4.31. The molecule has 17 heavy (non-hydrogen) atoms. The lowest BCUT2D eigenvalue weighted by Crippen LogP contribution is -2.55. The lowest BCUT2D eigenvalue weighted by molar-refractivity contribution is -0.0307. The molecule has 2 aliphatic rings. The molecule has 0 amide bonds. The van der Waals surface area contributed by atoms with Crippen LogP contribution in [0.3, 0.4) is 0 Å². The van der Waals surface area contributed by atoms with Gasteiger partial charge >= 0.3 is 0 Å². The molecule has 2 atom stereocenters. The topological polar surface area (TPSA) is 9.23 Å². The van der Waals surface area contributed by atoms with Crippen molar-refractivity contribution in [1.82, 2.24) is 0 Å². The molecule has 0 heterocycles. The maximum absolute atomic E-state index is 6.26. The van der Waals surface area contributed by atoms with Gasteiger partial charge in [0.2, 0.25) is 0 Å². The quantitative estimate of drug-likeness (QED) is 0.731. The minimum absolute atomic E-state index is 0.426. The number of halogens is 1. The molecule has 0 radical (unpaired) electrons. The Balaban J connectivity index is 1.77. The Morgan fingerprint density at radius 1 is 1.24 bits per heavy atom. The highest BCUT2D eigenvalue weighted by atomic mass is 79.9. The van der Waals surface area contributed by atoms with E-state index >= 15 is 0 Å². The number of ether oxygens (including phenoxy) is 1. The lowest BCUT2D eigenvalue weighted by Gasteiger charge is -2.51. The zero-order chi connectivity index (χ0) is 11.9. The standard InChI is InChI=1S/C15H19BrO/c1-11-6-2-3-7-12(11)17-14-10-13(16)15(14)8-4-5-9-15/h2-3,6-7,13-14H,4-5,8-10H2,1H3. The van der Waals surface area contributed by atoms with Crippen molar-refractivity contribution in [3.8, 4) is 5.75 Å². The Bertz CT molecular complexity index is 409. The highest BCUT2D eigenvalue weighted by Crippen LogP contribution is 2.57. The number of benzene rings is 1. The van der Waals surface area contributed by atoms with Crippen LogP contribution in [0.25, 0.3) is 0 Å². The highest BCUT2D eigenvalue weighted by molar-refractivity contribution is 9.09. The second-order valence-electron chi connectivity index (χ2n) is 5.52. The van der Waals surface area contributed by atoms with Crippen molar-refractivity contribution in [2.24, 2.45) is 5.41 Å². The third kappa shape index (κ3) is 1.81. The molecule has 1 spiro atoms. The summed E-state index contributed by atoms with van der Waals surface area (Å²) in [6.45, 7) is 2.13. The molecule has 0 aliphatic heterocycles. The van der Waals surface area contributed by atoms with Gasteiger partial charge in [0.1, 0.15) is 11.9 Å². The Labute approximate surface area is 112 Å². The van der Waals surface area contributed by atoms with Gasteiger partial charge in [-0.25, -0.2) is 0 Å². The number of hydrogen-bond acceptors (Lipinski definition) is 1. The van der Waals surface area contributed by atoms with Crippen molar-refractivity contribution in [3.05, 3.63) is 29.8 Å². The van der Waals surface area contributed by atoms with E-state index in [4.69, 9.17) is 4.74 Å². The summed E-state index contributed by atoms with van der Waals surface area (Å²) < 4.78 is 6.26. The molecule has 2 unspecified atom stereocenters. The van der Waals surface area contributed by atoms with Crippen molar-refractivity contribution >= 4 is 15.9 Å². The smallest absolute Gasteiger partial charge is 0.122 e. The first-order valence-corrected chi connectivity index (χ1v) is 7.50. The molecule has 0 saturated heterocycles. The molecule has 2 heteroatoms. The van der Waals surface area contributed by atoms with E-state index in [-0.39, 0.29) is 0 Å². The molecule has 2 aliphatic carbocycles. The van der Waals surface area contributed by atoms with Gasteiger partial charge < -0.3 is 4.74 Å². The third-order valence-electron chi connectivity index (χ3n) is 4.58. The molecule has 92 valence electrons. The number of rotatable bonds is 2. The molecule has 2 saturated carbocycles. The fourth-order valence-electron chi connectivity index (χ4n) is 3.37. The molecule has 0 N–H and O–H groups in total. The summed E-state index contributed by atoms with van der Waals surface area (Å²) in [5, 5.41) is 0. The van der Waals surface area contributed by atoms with E-state index < -0.39 is 0 Å². The Hall–Kier alpha value is -0.500. The van der Waals surface area contributed by atoms with Crippen LogP contribution in [0.15, 0.2) is 24.3 Å². The minimum atomic E-state index is 0.426.